The second-order valence-corrected chi connectivity index (χ2v) is 12.1. The Hall–Kier alpha value is -0.610. The molecule has 7 atom stereocenters. The number of hydrogen-bond donors (Lipinski definition) is 2. The molecule has 4 aliphatic carbocycles. The number of fused-ring (bicyclic) bond motifs is 5. The molecule has 170 valence electrons. The lowest BCUT2D eigenvalue weighted by atomic mass is 9.43. The molecule has 5 rings (SSSR count). The van der Waals surface area contributed by atoms with Crippen molar-refractivity contribution in [3.05, 3.63) is 0 Å². The number of aliphatic hydroxyl groups is 2. The van der Waals surface area contributed by atoms with Gasteiger partial charge in [-0.05, 0) is 94.3 Å². The number of nitrogens with zero attached hydrogens (tertiary/aromatic N) is 1. The SMILES string of the molecule is CC12CC[C@H]3[C@H](CC[C@@]4(O)C[C@H](O)CC[C@]34C)[C@@H]1CCCN2C(=O)C1CCCCC1. The van der Waals surface area contributed by atoms with Crippen LogP contribution in [0.3, 0.4) is 0 Å². The molecule has 1 unspecified atom stereocenters. The monoisotopic (exact) mass is 417 g/mol. The predicted octanol–water partition coefficient (Wildman–Crippen LogP) is 4.67. The molecule has 0 spiro atoms. The maximum atomic E-state index is 13.6. The van der Waals surface area contributed by atoms with Crippen LogP contribution in [-0.2, 0) is 4.79 Å². The fourth-order valence-corrected chi connectivity index (χ4v) is 9.05. The van der Waals surface area contributed by atoms with E-state index in [1.165, 1.54) is 25.7 Å². The van der Waals surface area contributed by atoms with E-state index < -0.39 is 5.60 Å². The molecule has 0 aromatic carbocycles. The highest BCUT2D eigenvalue weighted by atomic mass is 16.3. The Balaban J connectivity index is 1.40. The van der Waals surface area contributed by atoms with Gasteiger partial charge < -0.3 is 15.1 Å². The van der Waals surface area contributed by atoms with Crippen LogP contribution in [0.5, 0.6) is 0 Å². The lowest BCUT2D eigenvalue weighted by Gasteiger charge is -2.66. The molecule has 5 aliphatic rings. The third kappa shape index (κ3) is 3.03. The highest BCUT2D eigenvalue weighted by molar-refractivity contribution is 5.80. The zero-order chi connectivity index (χ0) is 21.1. The summed E-state index contributed by atoms with van der Waals surface area (Å²) >= 11 is 0. The number of piperidine rings is 1. The summed E-state index contributed by atoms with van der Waals surface area (Å²) in [5.74, 6) is 2.45. The number of amides is 1. The molecule has 2 N–H and O–H groups in total. The van der Waals surface area contributed by atoms with Gasteiger partial charge in [-0.1, -0.05) is 26.2 Å². The van der Waals surface area contributed by atoms with Gasteiger partial charge >= 0.3 is 0 Å². The average molecular weight is 418 g/mol. The second kappa shape index (κ2) is 7.47. The van der Waals surface area contributed by atoms with Gasteiger partial charge in [0.25, 0.3) is 0 Å². The molecule has 30 heavy (non-hydrogen) atoms. The molecule has 4 nitrogen and oxygen atoms in total. The summed E-state index contributed by atoms with van der Waals surface area (Å²) in [6, 6.07) is 0. The summed E-state index contributed by atoms with van der Waals surface area (Å²) in [6.45, 7) is 5.68. The minimum absolute atomic E-state index is 0.00788. The molecule has 1 heterocycles. The Labute approximate surface area is 182 Å². The first-order valence-corrected chi connectivity index (χ1v) is 13.0. The normalized spacial score (nSPS) is 49.7. The third-order valence-electron chi connectivity index (χ3n) is 10.9. The van der Waals surface area contributed by atoms with Crippen LogP contribution in [0.25, 0.3) is 0 Å². The molecule has 0 aromatic rings. The molecule has 1 saturated heterocycles. The summed E-state index contributed by atoms with van der Waals surface area (Å²) in [5, 5.41) is 21.9. The van der Waals surface area contributed by atoms with E-state index in [1.54, 1.807) is 0 Å². The van der Waals surface area contributed by atoms with Crippen LogP contribution in [0.1, 0.15) is 104 Å². The van der Waals surface area contributed by atoms with Crippen molar-refractivity contribution in [3.63, 3.8) is 0 Å². The van der Waals surface area contributed by atoms with Gasteiger partial charge in [-0.2, -0.15) is 0 Å². The lowest BCUT2D eigenvalue weighted by Crippen LogP contribution is -2.68. The van der Waals surface area contributed by atoms with Crippen LogP contribution in [0, 0.1) is 29.1 Å². The summed E-state index contributed by atoms with van der Waals surface area (Å²) in [7, 11) is 0. The zero-order valence-electron chi connectivity index (χ0n) is 19.2. The van der Waals surface area contributed by atoms with Gasteiger partial charge in [-0.25, -0.2) is 0 Å². The molecule has 0 radical (unpaired) electrons. The van der Waals surface area contributed by atoms with Gasteiger partial charge in [-0.3, -0.25) is 4.79 Å². The van der Waals surface area contributed by atoms with E-state index in [9.17, 15) is 15.0 Å². The van der Waals surface area contributed by atoms with Crippen LogP contribution < -0.4 is 0 Å². The number of likely N-dealkylation sites (tertiary alicyclic amines) is 1. The maximum Gasteiger partial charge on any atom is 0.226 e. The Kier molecular flexibility index (Phi) is 5.29. The molecule has 5 fully saturated rings. The summed E-state index contributed by atoms with van der Waals surface area (Å²) in [6.07, 6.45) is 14.4. The van der Waals surface area contributed by atoms with E-state index in [2.05, 4.69) is 18.7 Å². The third-order valence-corrected chi connectivity index (χ3v) is 10.9. The van der Waals surface area contributed by atoms with Gasteiger partial charge in [0, 0.05) is 24.4 Å². The molecule has 4 heteroatoms. The van der Waals surface area contributed by atoms with Crippen LogP contribution in [-0.4, -0.2) is 44.8 Å². The van der Waals surface area contributed by atoms with Gasteiger partial charge in [0.1, 0.15) is 0 Å². The van der Waals surface area contributed by atoms with Crippen molar-refractivity contribution in [2.45, 2.75) is 121 Å². The number of rotatable bonds is 1. The van der Waals surface area contributed by atoms with E-state index in [1.807, 2.05) is 0 Å². The van der Waals surface area contributed by atoms with E-state index >= 15 is 0 Å². The lowest BCUT2D eigenvalue weighted by molar-refractivity contribution is -0.226. The quantitative estimate of drug-likeness (QED) is 0.652. The topological polar surface area (TPSA) is 60.8 Å². The Morgan fingerprint density at radius 3 is 2.40 bits per heavy atom. The molecular weight excluding hydrogens is 374 g/mol. The maximum absolute atomic E-state index is 13.6. The first-order valence-electron chi connectivity index (χ1n) is 13.0. The van der Waals surface area contributed by atoms with Crippen molar-refractivity contribution in [2.24, 2.45) is 29.1 Å². The van der Waals surface area contributed by atoms with Gasteiger partial charge in [0.15, 0.2) is 0 Å². The number of carbonyl (C=O) groups excluding carboxylic acids is 1. The predicted molar refractivity (Wildman–Crippen MR) is 118 cm³/mol. The van der Waals surface area contributed by atoms with Crippen molar-refractivity contribution >= 4 is 5.91 Å². The number of hydrogen-bond acceptors (Lipinski definition) is 3. The van der Waals surface area contributed by atoms with Crippen LogP contribution in [0.15, 0.2) is 0 Å². The zero-order valence-corrected chi connectivity index (χ0v) is 19.2. The van der Waals surface area contributed by atoms with Crippen LogP contribution in [0.2, 0.25) is 0 Å². The van der Waals surface area contributed by atoms with Crippen molar-refractivity contribution < 1.29 is 15.0 Å². The van der Waals surface area contributed by atoms with E-state index in [-0.39, 0.29) is 23.0 Å². The number of aliphatic hydroxyl groups excluding tert-OH is 1. The molecule has 4 saturated carbocycles. The van der Waals surface area contributed by atoms with Crippen molar-refractivity contribution in [2.75, 3.05) is 6.54 Å². The molecule has 1 amide bonds. The molecular formula is C26H43NO3. The smallest absolute Gasteiger partial charge is 0.226 e. The fraction of sp³-hybridized carbons (Fsp3) is 0.962. The second-order valence-electron chi connectivity index (χ2n) is 12.1. The Morgan fingerprint density at radius 1 is 0.867 bits per heavy atom. The highest BCUT2D eigenvalue weighted by Crippen LogP contribution is 2.64. The van der Waals surface area contributed by atoms with E-state index in [0.717, 1.165) is 64.3 Å². The average Bonchev–Trinajstić information content (AvgIpc) is 2.74. The van der Waals surface area contributed by atoms with Crippen LogP contribution in [0.4, 0.5) is 0 Å². The minimum atomic E-state index is -0.703. The summed E-state index contributed by atoms with van der Waals surface area (Å²) in [4.78, 5) is 16.0. The minimum Gasteiger partial charge on any atom is -0.393 e. The first kappa shape index (κ1) is 21.2. The molecule has 1 aliphatic heterocycles. The van der Waals surface area contributed by atoms with Crippen LogP contribution >= 0.6 is 0 Å². The summed E-state index contributed by atoms with van der Waals surface area (Å²) < 4.78 is 0. The van der Waals surface area contributed by atoms with Gasteiger partial charge in [0.05, 0.1) is 11.7 Å². The summed E-state index contributed by atoms with van der Waals surface area (Å²) in [5.41, 5.74) is -0.772. The number of carbonyl (C=O) groups is 1. The fourth-order valence-electron chi connectivity index (χ4n) is 9.05. The first-order chi connectivity index (χ1) is 14.3. The molecule has 0 bridgehead atoms. The Bertz CT molecular complexity index is 675. The van der Waals surface area contributed by atoms with Gasteiger partial charge in [0.2, 0.25) is 5.91 Å². The van der Waals surface area contributed by atoms with Crippen molar-refractivity contribution in [3.8, 4) is 0 Å². The van der Waals surface area contributed by atoms with E-state index in [4.69, 9.17) is 0 Å². The standard InChI is InChI=1S/C26H43NO3/c1-24-13-10-19(28)17-26(24,30)15-11-20-21(24)12-14-25(2)22(20)9-6-16-27(25)23(29)18-7-4-3-5-8-18/h18-22,28,30H,3-17H2,1-2H3/t19-,20+,21+,22+,24-,25?,26-/m1/s1. The molecule has 0 aromatic heterocycles. The van der Waals surface area contributed by atoms with E-state index in [0.29, 0.717) is 30.1 Å². The van der Waals surface area contributed by atoms with Crippen molar-refractivity contribution in [1.82, 2.24) is 4.90 Å². The van der Waals surface area contributed by atoms with Gasteiger partial charge in [-0.15, -0.1) is 0 Å². The highest BCUT2D eigenvalue weighted by Gasteiger charge is 2.64. The largest absolute Gasteiger partial charge is 0.393 e. The Morgan fingerprint density at radius 2 is 1.63 bits per heavy atom. The van der Waals surface area contributed by atoms with Crippen molar-refractivity contribution in [1.29, 1.82) is 0 Å².